The van der Waals surface area contributed by atoms with E-state index in [1.165, 1.54) is 0 Å². The Kier molecular flexibility index (Phi) is 7.61. The van der Waals surface area contributed by atoms with Crippen molar-refractivity contribution in [3.63, 3.8) is 0 Å². The van der Waals surface area contributed by atoms with Gasteiger partial charge in [0.05, 0.1) is 23.8 Å². The van der Waals surface area contributed by atoms with Gasteiger partial charge in [0.25, 0.3) is 5.91 Å². The minimum Gasteiger partial charge on any atom is -0.348 e. The van der Waals surface area contributed by atoms with Crippen LogP contribution in [0.4, 0.5) is 5.69 Å². The van der Waals surface area contributed by atoms with Gasteiger partial charge < -0.3 is 15.5 Å². The molecule has 2 aliphatic rings. The highest BCUT2D eigenvalue weighted by Gasteiger charge is 2.35. The monoisotopic (exact) mass is 496 g/mol. The highest BCUT2D eigenvalue weighted by molar-refractivity contribution is 6.04. The second-order valence-corrected chi connectivity index (χ2v) is 9.69. The first-order valence-corrected chi connectivity index (χ1v) is 12.9. The number of anilines is 1. The molecule has 190 valence electrons. The maximum atomic E-state index is 13.4. The Labute approximate surface area is 217 Å². The van der Waals surface area contributed by atoms with Gasteiger partial charge in [-0.1, -0.05) is 66.7 Å². The number of carbonyl (C=O) groups is 3. The summed E-state index contributed by atoms with van der Waals surface area (Å²) >= 11 is 0. The number of para-hydroxylation sites is 1. The van der Waals surface area contributed by atoms with E-state index in [0.29, 0.717) is 30.8 Å². The van der Waals surface area contributed by atoms with Crippen molar-refractivity contribution in [2.24, 2.45) is 0 Å². The summed E-state index contributed by atoms with van der Waals surface area (Å²) in [5.41, 5.74) is 4.16. The number of likely N-dealkylation sites (tertiary alicyclic amines) is 1. The zero-order valence-corrected chi connectivity index (χ0v) is 20.9. The van der Waals surface area contributed by atoms with Crippen LogP contribution in [-0.4, -0.2) is 53.2 Å². The molecule has 37 heavy (non-hydrogen) atoms. The molecular formula is C30H32N4O3. The van der Waals surface area contributed by atoms with Crippen LogP contribution in [0.5, 0.6) is 0 Å². The number of fused-ring (bicyclic) bond motifs is 1. The molecule has 0 saturated carbocycles. The summed E-state index contributed by atoms with van der Waals surface area (Å²) in [7, 11) is 0. The molecule has 3 amide bonds. The molecule has 1 atom stereocenters. The van der Waals surface area contributed by atoms with Crippen molar-refractivity contribution in [2.75, 3.05) is 25.0 Å². The lowest BCUT2D eigenvalue weighted by molar-refractivity contribution is -0.137. The van der Waals surface area contributed by atoms with Crippen LogP contribution < -0.4 is 10.6 Å². The van der Waals surface area contributed by atoms with E-state index < -0.39 is 0 Å². The van der Waals surface area contributed by atoms with Crippen molar-refractivity contribution in [3.05, 3.63) is 101 Å². The number of rotatable bonds is 7. The molecule has 0 radical (unpaired) electrons. The third-order valence-electron chi connectivity index (χ3n) is 7.14. The average molecular weight is 497 g/mol. The first-order chi connectivity index (χ1) is 18.1. The largest absolute Gasteiger partial charge is 0.348 e. The van der Waals surface area contributed by atoms with E-state index in [4.69, 9.17) is 0 Å². The number of nitrogens with zero attached hydrogens (tertiary/aromatic N) is 2. The summed E-state index contributed by atoms with van der Waals surface area (Å²) in [6.45, 7) is 2.56. The second kappa shape index (κ2) is 11.4. The molecule has 0 aromatic heterocycles. The van der Waals surface area contributed by atoms with Gasteiger partial charge in [-0.2, -0.15) is 0 Å². The molecule has 0 bridgehead atoms. The molecule has 1 fully saturated rings. The van der Waals surface area contributed by atoms with E-state index in [1.807, 2.05) is 52.3 Å². The Morgan fingerprint density at radius 3 is 2.27 bits per heavy atom. The summed E-state index contributed by atoms with van der Waals surface area (Å²) in [6.07, 6.45) is 2.65. The minimum atomic E-state index is -0.372. The van der Waals surface area contributed by atoms with E-state index in [-0.39, 0.29) is 30.3 Å². The SMILES string of the molecule is O=C(CN1Cc2ccccc2C[C@H]1C(=O)N1CCCC1)Nc1ccccc1C(=O)NCc1ccccc1. The summed E-state index contributed by atoms with van der Waals surface area (Å²) in [4.78, 5) is 43.4. The minimum absolute atomic E-state index is 0.0680. The first-order valence-electron chi connectivity index (χ1n) is 12.9. The number of carbonyl (C=O) groups excluding carboxylic acids is 3. The number of hydrogen-bond acceptors (Lipinski definition) is 4. The molecule has 2 aliphatic heterocycles. The summed E-state index contributed by atoms with van der Waals surface area (Å²) in [5, 5.41) is 5.85. The zero-order valence-electron chi connectivity index (χ0n) is 20.9. The van der Waals surface area contributed by atoms with E-state index in [0.717, 1.165) is 42.6 Å². The van der Waals surface area contributed by atoms with Crippen LogP contribution in [0.2, 0.25) is 0 Å². The van der Waals surface area contributed by atoms with Gasteiger partial charge in [-0.05, 0) is 48.1 Å². The fourth-order valence-corrected chi connectivity index (χ4v) is 5.17. The van der Waals surface area contributed by atoms with Crippen LogP contribution in [0.15, 0.2) is 78.9 Å². The lowest BCUT2D eigenvalue weighted by atomic mass is 9.93. The first kappa shape index (κ1) is 24.7. The van der Waals surface area contributed by atoms with Crippen molar-refractivity contribution < 1.29 is 14.4 Å². The standard InChI is InChI=1S/C30H32N4O3/c35-28(32-26-15-7-6-14-25(26)29(36)31-19-22-10-2-1-3-11-22)21-34-20-24-13-5-4-12-23(24)18-27(34)30(37)33-16-8-9-17-33/h1-7,10-15,27H,8-9,16-21H2,(H,31,36)(H,32,35)/t27-/m0/s1. The normalized spacial score (nSPS) is 17.2. The Bertz CT molecular complexity index is 1270. The number of hydrogen-bond donors (Lipinski definition) is 2. The molecule has 2 N–H and O–H groups in total. The highest BCUT2D eigenvalue weighted by atomic mass is 16.2. The topological polar surface area (TPSA) is 81.8 Å². The number of nitrogens with one attached hydrogen (secondary N) is 2. The van der Waals surface area contributed by atoms with Gasteiger partial charge in [0, 0.05) is 26.2 Å². The zero-order chi connectivity index (χ0) is 25.6. The molecule has 1 saturated heterocycles. The third kappa shape index (κ3) is 5.89. The van der Waals surface area contributed by atoms with Gasteiger partial charge >= 0.3 is 0 Å². The van der Waals surface area contributed by atoms with Crippen LogP contribution in [0, 0.1) is 0 Å². The molecule has 0 aliphatic carbocycles. The smallest absolute Gasteiger partial charge is 0.253 e. The highest BCUT2D eigenvalue weighted by Crippen LogP contribution is 2.26. The fraction of sp³-hybridized carbons (Fsp3) is 0.300. The molecule has 2 heterocycles. The van der Waals surface area contributed by atoms with E-state index in [9.17, 15) is 14.4 Å². The van der Waals surface area contributed by atoms with Gasteiger partial charge in [-0.15, -0.1) is 0 Å². The maximum Gasteiger partial charge on any atom is 0.253 e. The number of benzene rings is 3. The number of amides is 3. The Morgan fingerprint density at radius 2 is 1.49 bits per heavy atom. The fourth-order valence-electron chi connectivity index (χ4n) is 5.17. The average Bonchev–Trinajstić information content (AvgIpc) is 3.47. The molecule has 3 aromatic carbocycles. The summed E-state index contributed by atoms with van der Waals surface area (Å²) < 4.78 is 0. The molecule has 0 unspecified atom stereocenters. The van der Waals surface area contributed by atoms with Gasteiger partial charge in [0.1, 0.15) is 0 Å². The predicted octanol–water partition coefficient (Wildman–Crippen LogP) is 3.60. The molecule has 5 rings (SSSR count). The van der Waals surface area contributed by atoms with Crippen molar-refractivity contribution >= 4 is 23.4 Å². The van der Waals surface area contributed by atoms with Gasteiger partial charge in [-0.25, -0.2) is 0 Å². The van der Waals surface area contributed by atoms with Crippen molar-refractivity contribution in [1.82, 2.24) is 15.1 Å². The Hall–Kier alpha value is -3.97. The van der Waals surface area contributed by atoms with E-state index in [2.05, 4.69) is 22.8 Å². The van der Waals surface area contributed by atoms with Gasteiger partial charge in [-0.3, -0.25) is 19.3 Å². The van der Waals surface area contributed by atoms with Crippen LogP contribution in [0.3, 0.4) is 0 Å². The molecule has 3 aromatic rings. The second-order valence-electron chi connectivity index (χ2n) is 9.69. The summed E-state index contributed by atoms with van der Waals surface area (Å²) in [5.74, 6) is -0.406. The molecule has 7 heteroatoms. The summed E-state index contributed by atoms with van der Waals surface area (Å²) in [6, 6.07) is 24.4. The lowest BCUT2D eigenvalue weighted by Gasteiger charge is -2.37. The van der Waals surface area contributed by atoms with E-state index in [1.54, 1.807) is 24.3 Å². The predicted molar refractivity (Wildman–Crippen MR) is 143 cm³/mol. The van der Waals surface area contributed by atoms with Gasteiger partial charge in [0.15, 0.2) is 0 Å². The quantitative estimate of drug-likeness (QED) is 0.524. The Balaban J connectivity index is 1.28. The van der Waals surface area contributed by atoms with Crippen LogP contribution in [0.25, 0.3) is 0 Å². The van der Waals surface area contributed by atoms with Crippen molar-refractivity contribution in [3.8, 4) is 0 Å². The molecular weight excluding hydrogens is 464 g/mol. The van der Waals surface area contributed by atoms with Gasteiger partial charge in [0.2, 0.25) is 11.8 Å². The molecule has 0 spiro atoms. The van der Waals surface area contributed by atoms with Crippen LogP contribution >= 0.6 is 0 Å². The maximum absolute atomic E-state index is 13.4. The third-order valence-corrected chi connectivity index (χ3v) is 7.14. The van der Waals surface area contributed by atoms with E-state index >= 15 is 0 Å². The van der Waals surface area contributed by atoms with Crippen LogP contribution in [-0.2, 0) is 29.1 Å². The van der Waals surface area contributed by atoms with Crippen molar-refractivity contribution in [2.45, 2.75) is 38.4 Å². The van der Waals surface area contributed by atoms with Crippen LogP contribution in [0.1, 0.15) is 39.9 Å². The Morgan fingerprint density at radius 1 is 0.811 bits per heavy atom. The van der Waals surface area contributed by atoms with Crippen molar-refractivity contribution in [1.29, 1.82) is 0 Å². The lowest BCUT2D eigenvalue weighted by Crippen LogP contribution is -2.53. The molecule has 7 nitrogen and oxygen atoms in total.